The monoisotopic (exact) mass is 440 g/mol. The van der Waals surface area contributed by atoms with Crippen molar-refractivity contribution in [2.24, 2.45) is 0 Å². The smallest absolute Gasteiger partial charge is 0.431 e. The number of aromatic nitrogens is 3. The molecule has 3 aromatic rings. The normalized spacial score (nSPS) is 16.4. The molecule has 0 saturated carbocycles. The molecule has 6 nitrogen and oxygen atoms in total. The lowest BCUT2D eigenvalue weighted by molar-refractivity contribution is -0.0918. The number of carbonyl (C=O) groups is 1. The van der Waals surface area contributed by atoms with Crippen molar-refractivity contribution in [2.45, 2.75) is 12.2 Å². The summed E-state index contributed by atoms with van der Waals surface area (Å²) in [6, 6.07) is 8.11. The number of fused-ring (bicyclic) bond motifs is 1. The highest BCUT2D eigenvalue weighted by Gasteiger charge is 2.46. The minimum Gasteiger partial charge on any atom is -0.497 e. The van der Waals surface area contributed by atoms with Crippen molar-refractivity contribution in [3.05, 3.63) is 68.8 Å². The number of benzene rings is 1. The molecule has 4 rings (SSSR count). The Morgan fingerprint density at radius 3 is 2.55 bits per heavy atom. The molecule has 1 aromatic carbocycles. The highest BCUT2D eigenvalue weighted by atomic mass is 35.5. The predicted molar refractivity (Wildman–Crippen MR) is 102 cm³/mol. The van der Waals surface area contributed by atoms with Gasteiger partial charge in [-0.25, -0.2) is 4.68 Å². The maximum absolute atomic E-state index is 13.9. The second-order valence-electron chi connectivity index (χ2n) is 6.05. The number of halogens is 4. The van der Waals surface area contributed by atoms with Crippen LogP contribution in [0.4, 0.5) is 19.1 Å². The van der Waals surface area contributed by atoms with Crippen LogP contribution in [0.1, 0.15) is 21.3 Å². The summed E-state index contributed by atoms with van der Waals surface area (Å²) in [5.74, 6) is -0.373. The first kappa shape index (κ1) is 19.5. The number of methoxy groups -OCH3 is 1. The minimum absolute atomic E-state index is 0.0932. The Bertz CT molecular complexity index is 1110. The zero-order chi connectivity index (χ0) is 20.8. The Morgan fingerprint density at radius 2 is 1.97 bits per heavy atom. The van der Waals surface area contributed by atoms with E-state index in [1.165, 1.54) is 23.9 Å². The van der Waals surface area contributed by atoms with Crippen molar-refractivity contribution in [2.75, 3.05) is 12.4 Å². The van der Waals surface area contributed by atoms with Crippen LogP contribution in [0.3, 0.4) is 0 Å². The number of allylic oxidation sites excluding steroid dienone is 2. The molecule has 2 aromatic heterocycles. The maximum Gasteiger partial charge on any atom is 0.431 e. The van der Waals surface area contributed by atoms with E-state index in [4.69, 9.17) is 16.3 Å². The molecule has 29 heavy (non-hydrogen) atoms. The molecule has 11 heteroatoms. The Labute approximate surface area is 171 Å². The van der Waals surface area contributed by atoms with Gasteiger partial charge in [0.05, 0.1) is 21.9 Å². The van der Waals surface area contributed by atoms with Crippen LogP contribution in [0, 0.1) is 0 Å². The summed E-state index contributed by atoms with van der Waals surface area (Å²) in [5.41, 5.74) is -1.24. The third kappa shape index (κ3) is 3.49. The Balaban J connectivity index is 1.94. The summed E-state index contributed by atoms with van der Waals surface area (Å²) in [6.07, 6.45) is -3.68. The summed E-state index contributed by atoms with van der Waals surface area (Å²) >= 11 is 6.80. The average Bonchev–Trinajstić information content (AvgIpc) is 3.34. The van der Waals surface area contributed by atoms with Gasteiger partial charge in [0.2, 0.25) is 11.7 Å². The zero-order valence-electron chi connectivity index (χ0n) is 14.7. The number of ketones is 1. The van der Waals surface area contributed by atoms with Crippen molar-refractivity contribution < 1.29 is 22.7 Å². The summed E-state index contributed by atoms with van der Waals surface area (Å²) in [7, 11) is 1.48. The molecule has 3 heterocycles. The molecule has 1 aliphatic heterocycles. The summed E-state index contributed by atoms with van der Waals surface area (Å²) in [6.45, 7) is 0. The van der Waals surface area contributed by atoms with E-state index in [0.29, 0.717) is 15.6 Å². The van der Waals surface area contributed by atoms with Gasteiger partial charge in [0, 0.05) is 0 Å². The first-order valence-electron chi connectivity index (χ1n) is 8.21. The van der Waals surface area contributed by atoms with Gasteiger partial charge in [-0.05, 0) is 29.8 Å². The fraction of sp³-hybridized carbons (Fsp3) is 0.167. The van der Waals surface area contributed by atoms with Gasteiger partial charge in [-0.1, -0.05) is 23.7 Å². The van der Waals surface area contributed by atoms with E-state index in [1.807, 2.05) is 0 Å². The van der Waals surface area contributed by atoms with Gasteiger partial charge in [0.25, 0.3) is 0 Å². The zero-order valence-corrected chi connectivity index (χ0v) is 16.3. The van der Waals surface area contributed by atoms with E-state index >= 15 is 0 Å². The number of alkyl halides is 3. The topological polar surface area (TPSA) is 69.0 Å². The van der Waals surface area contributed by atoms with Crippen molar-refractivity contribution in [1.82, 2.24) is 14.8 Å². The van der Waals surface area contributed by atoms with Crippen molar-refractivity contribution in [1.29, 1.82) is 0 Å². The minimum atomic E-state index is -4.81. The van der Waals surface area contributed by atoms with Crippen LogP contribution in [0.2, 0.25) is 4.34 Å². The summed E-state index contributed by atoms with van der Waals surface area (Å²) in [5, 5.41) is 6.26. The largest absolute Gasteiger partial charge is 0.497 e. The lowest BCUT2D eigenvalue weighted by Gasteiger charge is -2.30. The summed E-state index contributed by atoms with van der Waals surface area (Å²) < 4.78 is 48.4. The molecule has 1 unspecified atom stereocenters. The second-order valence-corrected chi connectivity index (χ2v) is 7.76. The number of nitrogens with one attached hydrogen (secondary N) is 1. The molecule has 0 radical (unpaired) electrons. The van der Waals surface area contributed by atoms with E-state index in [9.17, 15) is 18.0 Å². The molecule has 150 valence electrons. The molecule has 0 saturated heterocycles. The Hall–Kier alpha value is -2.85. The van der Waals surface area contributed by atoms with Crippen molar-refractivity contribution >= 4 is 34.7 Å². The summed E-state index contributed by atoms with van der Waals surface area (Å²) in [4.78, 5) is 17.1. The van der Waals surface area contributed by atoms with E-state index in [1.54, 1.807) is 24.3 Å². The van der Waals surface area contributed by atoms with Crippen molar-refractivity contribution in [3.63, 3.8) is 0 Å². The van der Waals surface area contributed by atoms with E-state index in [-0.39, 0.29) is 10.8 Å². The van der Waals surface area contributed by atoms with Crippen LogP contribution >= 0.6 is 22.9 Å². The molecule has 0 bridgehead atoms. The number of rotatable bonds is 4. The maximum atomic E-state index is 13.9. The van der Waals surface area contributed by atoms with Crippen LogP contribution < -0.4 is 10.1 Å². The Morgan fingerprint density at radius 1 is 1.24 bits per heavy atom. The van der Waals surface area contributed by atoms with Gasteiger partial charge in [-0.2, -0.15) is 23.3 Å². The molecule has 0 spiro atoms. The van der Waals surface area contributed by atoms with Gasteiger partial charge >= 0.3 is 6.18 Å². The van der Waals surface area contributed by atoms with Crippen LogP contribution in [0.25, 0.3) is 0 Å². The number of thiophene rings is 1. The molecule has 1 N–H and O–H groups in total. The quantitative estimate of drug-likeness (QED) is 0.595. The van der Waals surface area contributed by atoms with Gasteiger partial charge in [-0.15, -0.1) is 11.3 Å². The van der Waals surface area contributed by atoms with E-state index in [0.717, 1.165) is 17.7 Å². The average molecular weight is 441 g/mol. The number of Topliss-reactive ketones (excluding diaryl/α,β-unsaturated/α-hetero) is 1. The fourth-order valence-corrected chi connectivity index (χ4v) is 4.09. The molecule has 0 aliphatic carbocycles. The molecular formula is C18H12ClF3N4O2S. The molecule has 0 amide bonds. The lowest BCUT2D eigenvalue weighted by Crippen LogP contribution is -2.35. The first-order chi connectivity index (χ1) is 13.8. The van der Waals surface area contributed by atoms with E-state index in [2.05, 4.69) is 15.4 Å². The highest BCUT2D eigenvalue weighted by molar-refractivity contribution is 7.18. The van der Waals surface area contributed by atoms with E-state index < -0.39 is 29.3 Å². The third-order valence-corrected chi connectivity index (χ3v) is 5.58. The second kappa shape index (κ2) is 7.20. The number of hydrogen-bond acceptors (Lipinski definition) is 6. The third-order valence-electron chi connectivity index (χ3n) is 4.35. The Kier molecular flexibility index (Phi) is 4.83. The standard InChI is InChI=1S/C18H12ClF3N4O2S/c1-28-10-4-2-9(3-5-10)14-13(15(27)11-6-7-12(19)29-11)16(18(20,21)22)25-17-23-8-24-26(14)17/h2-8,14H,1H3,(H,23,24,25). The SMILES string of the molecule is COc1ccc(C2C(C(=O)c3ccc(Cl)s3)=C(C(F)(F)F)Nc3ncnn32)cc1. The van der Waals surface area contributed by atoms with Gasteiger partial charge in [-0.3, -0.25) is 4.79 Å². The number of ether oxygens (including phenoxy) is 1. The predicted octanol–water partition coefficient (Wildman–Crippen LogP) is 4.72. The van der Waals surface area contributed by atoms with Gasteiger partial charge in [0.15, 0.2) is 0 Å². The fourth-order valence-electron chi connectivity index (χ4n) is 3.09. The van der Waals surface area contributed by atoms with Crippen LogP contribution in [0.15, 0.2) is 54.0 Å². The molecule has 0 fully saturated rings. The molecular weight excluding hydrogens is 429 g/mol. The molecule has 1 aliphatic rings. The van der Waals surface area contributed by atoms with Crippen LogP contribution in [0.5, 0.6) is 5.75 Å². The number of nitrogens with zero attached hydrogens (tertiary/aromatic N) is 3. The van der Waals surface area contributed by atoms with Crippen LogP contribution in [-0.4, -0.2) is 33.8 Å². The number of carbonyl (C=O) groups excluding carboxylic acids is 1. The van der Waals surface area contributed by atoms with Crippen molar-refractivity contribution in [3.8, 4) is 5.75 Å². The molecule has 1 atom stereocenters. The van der Waals surface area contributed by atoms with Gasteiger partial charge in [0.1, 0.15) is 23.8 Å². The first-order valence-corrected chi connectivity index (χ1v) is 9.41. The number of anilines is 1. The van der Waals surface area contributed by atoms with Crippen LogP contribution in [-0.2, 0) is 0 Å². The lowest BCUT2D eigenvalue weighted by atomic mass is 9.91. The van der Waals surface area contributed by atoms with Gasteiger partial charge < -0.3 is 10.1 Å². The number of hydrogen-bond donors (Lipinski definition) is 1. The highest BCUT2D eigenvalue weighted by Crippen LogP contribution is 2.42.